The number of alkyl halides is 3. The van der Waals surface area contributed by atoms with Gasteiger partial charge >= 0.3 is 6.18 Å². The summed E-state index contributed by atoms with van der Waals surface area (Å²) < 4.78 is 42.6. The molecule has 0 saturated heterocycles. The van der Waals surface area contributed by atoms with Crippen molar-refractivity contribution >= 4 is 27.2 Å². The van der Waals surface area contributed by atoms with E-state index >= 15 is 0 Å². The lowest BCUT2D eigenvalue weighted by molar-refractivity contribution is -0.141. The van der Waals surface area contributed by atoms with Crippen molar-refractivity contribution in [1.29, 1.82) is 0 Å². The molecule has 0 spiro atoms. The standard InChI is InChI=1S/C21H21F3N6S/c1-11-2-5-13-15(8-11)31-20-18(13)19-26-17(28-30(19)10-25-20)6-7-29-14(12-3-4-12)9-16(27-29)21(22,23)24/h9-12H,2-8H2,1H3. The molecule has 2 aliphatic carbocycles. The predicted octanol–water partition coefficient (Wildman–Crippen LogP) is 4.80. The normalized spacial score (nSPS) is 19.4. The molecule has 1 fully saturated rings. The molecule has 1 unspecified atom stereocenters. The Morgan fingerprint density at radius 3 is 2.81 bits per heavy atom. The molecule has 4 aromatic heterocycles. The van der Waals surface area contributed by atoms with Crippen LogP contribution in [0.5, 0.6) is 0 Å². The highest BCUT2D eigenvalue weighted by atomic mass is 32.1. The molecule has 0 bridgehead atoms. The molecule has 162 valence electrons. The maximum Gasteiger partial charge on any atom is 0.435 e. The van der Waals surface area contributed by atoms with E-state index in [2.05, 4.69) is 22.1 Å². The third-order valence-electron chi connectivity index (χ3n) is 6.32. The summed E-state index contributed by atoms with van der Waals surface area (Å²) >= 11 is 1.74. The second kappa shape index (κ2) is 6.75. The summed E-state index contributed by atoms with van der Waals surface area (Å²) in [5.74, 6) is 1.46. The zero-order valence-electron chi connectivity index (χ0n) is 17.0. The summed E-state index contributed by atoms with van der Waals surface area (Å²) in [5.41, 5.74) is 1.99. The summed E-state index contributed by atoms with van der Waals surface area (Å²) in [4.78, 5) is 11.7. The molecule has 31 heavy (non-hydrogen) atoms. The Morgan fingerprint density at radius 1 is 1.19 bits per heavy atom. The molecule has 4 aromatic rings. The van der Waals surface area contributed by atoms with Crippen LogP contribution in [-0.2, 0) is 32.0 Å². The molecule has 6 rings (SSSR count). The summed E-state index contributed by atoms with van der Waals surface area (Å²) in [6, 6.07) is 1.20. The molecule has 4 heterocycles. The fraction of sp³-hybridized carbons (Fsp3) is 0.524. The van der Waals surface area contributed by atoms with Crippen molar-refractivity contribution in [3.63, 3.8) is 0 Å². The van der Waals surface area contributed by atoms with Crippen molar-refractivity contribution in [2.75, 3.05) is 0 Å². The lowest BCUT2D eigenvalue weighted by Crippen LogP contribution is -2.10. The van der Waals surface area contributed by atoms with Gasteiger partial charge < -0.3 is 0 Å². The van der Waals surface area contributed by atoms with Gasteiger partial charge in [-0.2, -0.15) is 18.3 Å². The summed E-state index contributed by atoms with van der Waals surface area (Å²) in [5, 5.41) is 9.48. The van der Waals surface area contributed by atoms with Crippen LogP contribution in [0.25, 0.3) is 15.9 Å². The van der Waals surface area contributed by atoms with Gasteiger partial charge in [0.05, 0.1) is 5.39 Å². The number of aryl methyl sites for hydroxylation is 3. The smallest absolute Gasteiger partial charge is 0.268 e. The number of fused-ring (bicyclic) bond motifs is 5. The number of hydrogen-bond donors (Lipinski definition) is 0. The van der Waals surface area contributed by atoms with E-state index in [0.717, 1.165) is 48.0 Å². The van der Waals surface area contributed by atoms with E-state index < -0.39 is 11.9 Å². The van der Waals surface area contributed by atoms with Gasteiger partial charge in [0.1, 0.15) is 11.2 Å². The molecule has 0 aliphatic heterocycles. The zero-order chi connectivity index (χ0) is 21.3. The Morgan fingerprint density at radius 2 is 2.03 bits per heavy atom. The quantitative estimate of drug-likeness (QED) is 0.452. The molecule has 10 heteroatoms. The van der Waals surface area contributed by atoms with Gasteiger partial charge in [-0.1, -0.05) is 6.92 Å². The minimum atomic E-state index is -4.43. The molecule has 0 radical (unpaired) electrons. The van der Waals surface area contributed by atoms with Crippen molar-refractivity contribution in [3.05, 3.63) is 40.0 Å². The van der Waals surface area contributed by atoms with Crippen LogP contribution in [0, 0.1) is 5.92 Å². The number of hydrogen-bond acceptors (Lipinski definition) is 5. The third kappa shape index (κ3) is 3.31. The van der Waals surface area contributed by atoms with E-state index in [1.165, 1.54) is 21.2 Å². The van der Waals surface area contributed by atoms with Crippen LogP contribution in [0.3, 0.4) is 0 Å². The van der Waals surface area contributed by atoms with Crippen LogP contribution >= 0.6 is 11.3 Å². The third-order valence-corrected chi connectivity index (χ3v) is 7.48. The van der Waals surface area contributed by atoms with Crippen LogP contribution < -0.4 is 0 Å². The molecule has 1 atom stereocenters. The first-order valence-electron chi connectivity index (χ1n) is 10.7. The van der Waals surface area contributed by atoms with Crippen molar-refractivity contribution in [3.8, 4) is 0 Å². The fourth-order valence-electron chi connectivity index (χ4n) is 4.55. The Kier molecular flexibility index (Phi) is 4.19. The monoisotopic (exact) mass is 446 g/mol. The van der Waals surface area contributed by atoms with Crippen LogP contribution in [-0.4, -0.2) is 29.4 Å². The summed E-state index contributed by atoms with van der Waals surface area (Å²) in [7, 11) is 0. The molecule has 0 amide bonds. The number of aromatic nitrogens is 6. The Labute approximate surface area is 180 Å². The van der Waals surface area contributed by atoms with Gasteiger partial charge in [0, 0.05) is 29.5 Å². The Hall–Kier alpha value is -2.49. The largest absolute Gasteiger partial charge is 0.435 e. The van der Waals surface area contributed by atoms with Gasteiger partial charge in [-0.05, 0) is 49.7 Å². The number of thiophene rings is 1. The van der Waals surface area contributed by atoms with Crippen LogP contribution in [0.2, 0.25) is 0 Å². The Bertz CT molecular complexity index is 1300. The van der Waals surface area contributed by atoms with Crippen molar-refractivity contribution in [1.82, 2.24) is 29.4 Å². The van der Waals surface area contributed by atoms with E-state index in [4.69, 9.17) is 4.98 Å². The second-order valence-corrected chi connectivity index (χ2v) is 9.86. The predicted molar refractivity (Wildman–Crippen MR) is 110 cm³/mol. The second-order valence-electron chi connectivity index (χ2n) is 8.77. The summed E-state index contributed by atoms with van der Waals surface area (Å²) in [6.45, 7) is 2.61. The van der Waals surface area contributed by atoms with Crippen LogP contribution in [0.1, 0.15) is 59.8 Å². The molecule has 6 nitrogen and oxygen atoms in total. The first-order chi connectivity index (χ1) is 14.9. The Balaban J connectivity index is 1.32. The van der Waals surface area contributed by atoms with Gasteiger partial charge in [0.15, 0.2) is 17.2 Å². The SMILES string of the molecule is CC1CCc2c(sc3ncn4nc(CCn5nc(C(F)(F)F)cc5C5CC5)nc4c23)C1. The average molecular weight is 447 g/mol. The lowest BCUT2D eigenvalue weighted by Gasteiger charge is -2.17. The molecule has 0 N–H and O–H groups in total. The number of halogens is 3. The highest BCUT2D eigenvalue weighted by Gasteiger charge is 2.37. The molecule has 2 aliphatic rings. The first kappa shape index (κ1) is 19.2. The highest BCUT2D eigenvalue weighted by molar-refractivity contribution is 7.19. The molecular formula is C21H21F3N6S. The maximum atomic E-state index is 13.1. The molecule has 0 aromatic carbocycles. The van der Waals surface area contributed by atoms with Crippen molar-refractivity contribution in [2.45, 2.75) is 64.1 Å². The van der Waals surface area contributed by atoms with Crippen LogP contribution in [0.4, 0.5) is 13.2 Å². The summed E-state index contributed by atoms with van der Waals surface area (Å²) in [6.07, 6.45) is 2.78. The minimum absolute atomic E-state index is 0.182. The lowest BCUT2D eigenvalue weighted by atomic mass is 9.89. The first-order valence-corrected chi connectivity index (χ1v) is 11.5. The highest BCUT2D eigenvalue weighted by Crippen LogP contribution is 2.42. The molecular weight excluding hydrogens is 425 g/mol. The minimum Gasteiger partial charge on any atom is -0.268 e. The van der Waals surface area contributed by atoms with Gasteiger partial charge in [-0.25, -0.2) is 14.5 Å². The number of rotatable bonds is 4. The van der Waals surface area contributed by atoms with Gasteiger partial charge in [-0.15, -0.1) is 16.4 Å². The van der Waals surface area contributed by atoms with Gasteiger partial charge in [-0.3, -0.25) is 4.68 Å². The van der Waals surface area contributed by atoms with E-state index in [1.54, 1.807) is 22.2 Å². The van der Waals surface area contributed by atoms with Crippen LogP contribution in [0.15, 0.2) is 12.4 Å². The van der Waals surface area contributed by atoms with E-state index in [9.17, 15) is 13.2 Å². The van der Waals surface area contributed by atoms with E-state index in [1.807, 2.05) is 0 Å². The fourth-order valence-corrected chi connectivity index (χ4v) is 5.90. The van der Waals surface area contributed by atoms with E-state index in [0.29, 0.717) is 30.4 Å². The zero-order valence-corrected chi connectivity index (χ0v) is 17.8. The average Bonchev–Trinajstić information content (AvgIpc) is 3.17. The maximum absolute atomic E-state index is 13.1. The van der Waals surface area contributed by atoms with Crippen molar-refractivity contribution < 1.29 is 13.2 Å². The van der Waals surface area contributed by atoms with Crippen molar-refractivity contribution in [2.24, 2.45) is 5.92 Å². The van der Waals surface area contributed by atoms with Gasteiger partial charge in [0.2, 0.25) is 0 Å². The molecule has 1 saturated carbocycles. The number of nitrogens with zero attached hydrogens (tertiary/aromatic N) is 6. The van der Waals surface area contributed by atoms with E-state index in [-0.39, 0.29) is 5.92 Å². The topological polar surface area (TPSA) is 60.9 Å². The van der Waals surface area contributed by atoms with Gasteiger partial charge in [0.25, 0.3) is 0 Å².